The number of anilines is 2. The zero-order valence-electron chi connectivity index (χ0n) is 21.9. The Morgan fingerprint density at radius 3 is 2.00 bits per heavy atom. The number of hydrogen-bond acceptors (Lipinski definition) is 3. The number of urea groups is 1. The zero-order chi connectivity index (χ0) is 25.7. The number of carbonyl (C=O) groups is 1. The van der Waals surface area contributed by atoms with E-state index in [1.54, 1.807) is 17.0 Å². The van der Waals surface area contributed by atoms with Crippen LogP contribution in [-0.2, 0) is 6.54 Å². The highest BCUT2D eigenvalue weighted by Crippen LogP contribution is 2.34. The summed E-state index contributed by atoms with van der Waals surface area (Å²) < 4.78 is 5.29. The molecule has 0 aliphatic heterocycles. The summed E-state index contributed by atoms with van der Waals surface area (Å²) in [6.07, 6.45) is 0. The van der Waals surface area contributed by atoms with Gasteiger partial charge in [-0.25, -0.2) is 4.79 Å². The van der Waals surface area contributed by atoms with Crippen molar-refractivity contribution in [1.29, 1.82) is 0 Å². The lowest BCUT2D eigenvalue weighted by Gasteiger charge is -2.27. The number of aromatic hydroxyl groups is 1. The molecule has 5 nitrogen and oxygen atoms in total. The summed E-state index contributed by atoms with van der Waals surface area (Å²) in [5.74, 6) is 1.39. The molecule has 0 atom stereocenters. The lowest BCUT2D eigenvalue weighted by molar-refractivity contribution is 0.256. The number of carbonyl (C=O) groups excluding carboxylic acids is 1. The minimum absolute atomic E-state index is 0.0703. The van der Waals surface area contributed by atoms with Crippen molar-refractivity contribution in [2.45, 2.75) is 65.8 Å². The lowest BCUT2D eigenvalue weighted by atomic mass is 9.92. The van der Waals surface area contributed by atoms with E-state index in [0.29, 0.717) is 18.2 Å². The standard InChI is InChI=1S/C30H38N2O3/c1-19(2)23-12-14-24(15-13-23)32(18-22-11-16-27(33)28(17-22)35-7)30(34)31-29-25(20(3)4)9-8-10-26(29)21(5)6/h8-17,19-21,33H,18H2,1-7H3,(H,31,34). The van der Waals surface area contributed by atoms with Crippen molar-refractivity contribution in [3.05, 3.63) is 82.9 Å². The van der Waals surface area contributed by atoms with E-state index in [4.69, 9.17) is 4.74 Å². The summed E-state index contributed by atoms with van der Waals surface area (Å²) in [7, 11) is 1.52. The van der Waals surface area contributed by atoms with Crippen molar-refractivity contribution in [2.75, 3.05) is 17.3 Å². The molecule has 3 aromatic rings. The molecule has 35 heavy (non-hydrogen) atoms. The summed E-state index contributed by atoms with van der Waals surface area (Å²) in [4.78, 5) is 15.6. The second-order valence-electron chi connectivity index (χ2n) is 9.89. The first-order valence-corrected chi connectivity index (χ1v) is 12.3. The molecule has 0 radical (unpaired) electrons. The van der Waals surface area contributed by atoms with Gasteiger partial charge >= 0.3 is 6.03 Å². The molecule has 186 valence electrons. The molecule has 5 heteroatoms. The number of rotatable bonds is 8. The van der Waals surface area contributed by atoms with Gasteiger partial charge in [0.1, 0.15) is 0 Å². The minimum atomic E-state index is -0.204. The van der Waals surface area contributed by atoms with Gasteiger partial charge in [0.15, 0.2) is 11.5 Å². The molecule has 0 aliphatic carbocycles. The van der Waals surface area contributed by atoms with Gasteiger partial charge in [0.2, 0.25) is 0 Å². The molecule has 0 aliphatic rings. The molecule has 0 saturated carbocycles. The van der Waals surface area contributed by atoms with Crippen LogP contribution in [0.1, 0.15) is 81.5 Å². The summed E-state index contributed by atoms with van der Waals surface area (Å²) in [6, 6.07) is 19.3. The van der Waals surface area contributed by atoms with Crippen LogP contribution in [0, 0.1) is 0 Å². The number of amides is 2. The fraction of sp³-hybridized carbons (Fsp3) is 0.367. The minimum Gasteiger partial charge on any atom is -0.504 e. The number of phenols is 1. The highest BCUT2D eigenvalue weighted by atomic mass is 16.5. The summed E-state index contributed by atoms with van der Waals surface area (Å²) in [5.41, 5.74) is 5.98. The van der Waals surface area contributed by atoms with Gasteiger partial charge in [-0.15, -0.1) is 0 Å². The molecule has 0 heterocycles. The van der Waals surface area contributed by atoms with E-state index in [2.05, 4.69) is 77.2 Å². The largest absolute Gasteiger partial charge is 0.504 e. The normalized spacial score (nSPS) is 11.3. The van der Waals surface area contributed by atoms with Gasteiger partial charge < -0.3 is 15.2 Å². The Morgan fingerprint density at radius 2 is 1.49 bits per heavy atom. The van der Waals surface area contributed by atoms with Crippen molar-refractivity contribution in [2.24, 2.45) is 0 Å². The maximum Gasteiger partial charge on any atom is 0.326 e. The van der Waals surface area contributed by atoms with E-state index in [9.17, 15) is 9.90 Å². The van der Waals surface area contributed by atoms with Gasteiger partial charge in [-0.3, -0.25) is 4.90 Å². The quantitative estimate of drug-likeness (QED) is 0.347. The van der Waals surface area contributed by atoms with Gasteiger partial charge in [-0.05, 0) is 64.3 Å². The molecule has 0 aromatic heterocycles. The van der Waals surface area contributed by atoms with Crippen molar-refractivity contribution < 1.29 is 14.6 Å². The van der Waals surface area contributed by atoms with Crippen molar-refractivity contribution >= 4 is 17.4 Å². The van der Waals surface area contributed by atoms with Crippen LogP contribution < -0.4 is 15.0 Å². The summed E-state index contributed by atoms with van der Waals surface area (Å²) >= 11 is 0. The van der Waals surface area contributed by atoms with Gasteiger partial charge in [-0.1, -0.05) is 77.9 Å². The number of methoxy groups -OCH3 is 1. The average molecular weight is 475 g/mol. The maximum atomic E-state index is 13.8. The molecule has 3 rings (SSSR count). The van der Waals surface area contributed by atoms with Crippen molar-refractivity contribution in [1.82, 2.24) is 0 Å². The Kier molecular flexibility index (Phi) is 8.44. The summed E-state index contributed by atoms with van der Waals surface area (Å²) in [5, 5.41) is 13.3. The highest BCUT2D eigenvalue weighted by Gasteiger charge is 2.22. The topological polar surface area (TPSA) is 61.8 Å². The van der Waals surface area contributed by atoms with Crippen LogP contribution in [0.2, 0.25) is 0 Å². The molecule has 0 bridgehead atoms. The first kappa shape index (κ1) is 26.1. The van der Waals surface area contributed by atoms with E-state index in [-0.39, 0.29) is 23.6 Å². The smallest absolute Gasteiger partial charge is 0.326 e. The average Bonchev–Trinajstić information content (AvgIpc) is 2.83. The number of nitrogens with one attached hydrogen (secondary N) is 1. The van der Waals surface area contributed by atoms with E-state index in [1.165, 1.54) is 12.7 Å². The third-order valence-corrected chi connectivity index (χ3v) is 6.31. The van der Waals surface area contributed by atoms with E-state index >= 15 is 0 Å². The Bertz CT molecular complexity index is 1120. The summed E-state index contributed by atoms with van der Waals surface area (Å²) in [6.45, 7) is 13.2. The van der Waals surface area contributed by atoms with Crippen LogP contribution in [0.4, 0.5) is 16.2 Å². The molecule has 3 aromatic carbocycles. The number of nitrogens with zero attached hydrogens (tertiary/aromatic N) is 1. The van der Waals surface area contributed by atoms with Gasteiger partial charge in [0.25, 0.3) is 0 Å². The molecule has 2 amide bonds. The van der Waals surface area contributed by atoms with Crippen LogP contribution in [0.15, 0.2) is 60.7 Å². The monoisotopic (exact) mass is 474 g/mol. The Labute approximate surface area is 209 Å². The number of phenolic OH excluding ortho intramolecular Hbond substituents is 1. The molecule has 0 saturated heterocycles. The number of hydrogen-bond donors (Lipinski definition) is 2. The van der Waals surface area contributed by atoms with Gasteiger partial charge in [0, 0.05) is 11.4 Å². The van der Waals surface area contributed by atoms with Crippen LogP contribution in [-0.4, -0.2) is 18.2 Å². The van der Waals surface area contributed by atoms with Crippen LogP contribution in [0.5, 0.6) is 11.5 Å². The first-order valence-electron chi connectivity index (χ1n) is 12.3. The second kappa shape index (κ2) is 11.3. The highest BCUT2D eigenvalue weighted by molar-refractivity contribution is 6.02. The fourth-order valence-corrected chi connectivity index (χ4v) is 4.19. The van der Waals surface area contributed by atoms with Gasteiger partial charge in [0.05, 0.1) is 13.7 Å². The van der Waals surface area contributed by atoms with Crippen molar-refractivity contribution in [3.8, 4) is 11.5 Å². The third kappa shape index (κ3) is 6.16. The lowest BCUT2D eigenvalue weighted by Crippen LogP contribution is -2.35. The van der Waals surface area contributed by atoms with E-state index < -0.39 is 0 Å². The van der Waals surface area contributed by atoms with Crippen LogP contribution in [0.3, 0.4) is 0 Å². The number of ether oxygens (including phenoxy) is 1. The predicted octanol–water partition coefficient (Wildman–Crippen LogP) is 8.01. The fourth-order valence-electron chi connectivity index (χ4n) is 4.19. The molecule has 2 N–H and O–H groups in total. The van der Waals surface area contributed by atoms with Crippen molar-refractivity contribution in [3.63, 3.8) is 0 Å². The second-order valence-corrected chi connectivity index (χ2v) is 9.89. The SMILES string of the molecule is COc1cc(CN(C(=O)Nc2c(C(C)C)cccc2C(C)C)c2ccc(C(C)C)cc2)ccc1O. The van der Waals surface area contributed by atoms with Gasteiger partial charge in [-0.2, -0.15) is 0 Å². The molecule has 0 spiro atoms. The number of benzene rings is 3. The molecule has 0 unspecified atom stereocenters. The third-order valence-electron chi connectivity index (χ3n) is 6.31. The van der Waals surface area contributed by atoms with E-state index in [0.717, 1.165) is 28.1 Å². The molecule has 0 fully saturated rings. The predicted molar refractivity (Wildman–Crippen MR) is 145 cm³/mol. The number of para-hydroxylation sites is 1. The molecular weight excluding hydrogens is 436 g/mol. The molecular formula is C30H38N2O3. The Balaban J connectivity index is 2.03. The zero-order valence-corrected chi connectivity index (χ0v) is 21.9. The van der Waals surface area contributed by atoms with E-state index in [1.807, 2.05) is 18.2 Å². The Hall–Kier alpha value is -3.47. The Morgan fingerprint density at radius 1 is 0.886 bits per heavy atom. The first-order chi connectivity index (χ1) is 16.6. The van der Waals surface area contributed by atoms with Crippen LogP contribution in [0.25, 0.3) is 0 Å². The maximum absolute atomic E-state index is 13.8. The van der Waals surface area contributed by atoms with Crippen LogP contribution >= 0.6 is 0 Å².